The zero-order valence-corrected chi connectivity index (χ0v) is 12.8. The van der Waals surface area contributed by atoms with Crippen molar-refractivity contribution in [1.29, 1.82) is 0 Å². The van der Waals surface area contributed by atoms with Gasteiger partial charge in [0, 0.05) is 6.42 Å². The van der Waals surface area contributed by atoms with Crippen LogP contribution in [0, 0.1) is 0 Å². The van der Waals surface area contributed by atoms with Crippen molar-refractivity contribution in [2.75, 3.05) is 0 Å². The topological polar surface area (TPSA) is 34.1 Å². The molecule has 0 N–H and O–H groups in total. The van der Waals surface area contributed by atoms with Crippen molar-refractivity contribution in [1.82, 2.24) is 0 Å². The molecule has 2 nitrogen and oxygen atoms in total. The molecule has 0 fully saturated rings. The normalized spacial score (nSPS) is 10.6. The Morgan fingerprint density at radius 3 is 1.42 bits per heavy atom. The molecule has 0 bridgehead atoms. The summed E-state index contributed by atoms with van der Waals surface area (Å²) in [5.41, 5.74) is 0. The van der Waals surface area contributed by atoms with Gasteiger partial charge in [0.15, 0.2) is 12.1 Å². The number of unbranched alkanes of at least 4 members (excludes halogenated alkanes) is 12. The van der Waals surface area contributed by atoms with E-state index in [2.05, 4.69) is 6.92 Å². The van der Waals surface area contributed by atoms with Crippen LogP contribution in [0.25, 0.3) is 0 Å². The van der Waals surface area contributed by atoms with E-state index in [1.54, 1.807) is 0 Å². The Hall–Kier alpha value is -0.660. The van der Waals surface area contributed by atoms with Crippen LogP contribution in [0.4, 0.5) is 0 Å². The third-order valence-corrected chi connectivity index (χ3v) is 3.66. The quantitative estimate of drug-likeness (QED) is 0.231. The summed E-state index contributed by atoms with van der Waals surface area (Å²) in [7, 11) is 0. The Morgan fingerprint density at radius 2 is 1.05 bits per heavy atom. The molecular formula is C17H32O2. The third-order valence-electron chi connectivity index (χ3n) is 3.66. The van der Waals surface area contributed by atoms with Gasteiger partial charge >= 0.3 is 0 Å². The largest absolute Gasteiger partial charge is 0.295 e. The minimum Gasteiger partial charge on any atom is -0.295 e. The molecule has 112 valence electrons. The molecule has 0 radical (unpaired) electrons. The van der Waals surface area contributed by atoms with Gasteiger partial charge in [0.2, 0.25) is 0 Å². The molecule has 19 heavy (non-hydrogen) atoms. The molecule has 0 aromatic heterocycles. The lowest BCUT2D eigenvalue weighted by atomic mass is 10.0. The summed E-state index contributed by atoms with van der Waals surface area (Å²) in [5.74, 6) is -0.247. The number of hydrogen-bond acceptors (Lipinski definition) is 2. The average Bonchev–Trinajstić information content (AvgIpc) is 2.43. The van der Waals surface area contributed by atoms with E-state index >= 15 is 0 Å². The number of carbonyl (C=O) groups excluding carboxylic acids is 2. The van der Waals surface area contributed by atoms with Crippen molar-refractivity contribution < 1.29 is 9.59 Å². The molecule has 0 aliphatic carbocycles. The molecule has 0 aliphatic heterocycles. The monoisotopic (exact) mass is 268 g/mol. The van der Waals surface area contributed by atoms with Gasteiger partial charge in [-0.25, -0.2) is 0 Å². The molecular weight excluding hydrogens is 236 g/mol. The molecule has 0 aromatic rings. The van der Waals surface area contributed by atoms with E-state index in [9.17, 15) is 9.59 Å². The van der Waals surface area contributed by atoms with Crippen molar-refractivity contribution in [2.24, 2.45) is 0 Å². The van der Waals surface area contributed by atoms with E-state index in [4.69, 9.17) is 0 Å². The second kappa shape index (κ2) is 15.4. The molecule has 0 heterocycles. The molecule has 0 rings (SSSR count). The van der Waals surface area contributed by atoms with Crippen LogP contribution in [0.1, 0.15) is 96.8 Å². The fourth-order valence-electron chi connectivity index (χ4n) is 2.38. The van der Waals surface area contributed by atoms with Crippen LogP contribution in [0.2, 0.25) is 0 Å². The number of Topliss-reactive ketones (excluding diaryl/α,β-unsaturated/α-hetero) is 1. The Labute approximate surface area is 119 Å². The smallest absolute Gasteiger partial charge is 0.195 e. The first-order valence-electron chi connectivity index (χ1n) is 8.29. The zero-order chi connectivity index (χ0) is 14.2. The van der Waals surface area contributed by atoms with Crippen LogP contribution in [0.3, 0.4) is 0 Å². The predicted octanol–water partition coefficient (Wildman–Crippen LogP) is 5.24. The Morgan fingerprint density at radius 1 is 0.684 bits per heavy atom. The van der Waals surface area contributed by atoms with Gasteiger partial charge in [-0.1, -0.05) is 84.0 Å². The Kier molecular flexibility index (Phi) is 14.9. The van der Waals surface area contributed by atoms with E-state index < -0.39 is 0 Å². The van der Waals surface area contributed by atoms with E-state index in [0.717, 1.165) is 12.8 Å². The minimum absolute atomic E-state index is 0.247. The summed E-state index contributed by atoms with van der Waals surface area (Å²) in [6.45, 7) is 2.26. The Balaban J connectivity index is 2.99. The van der Waals surface area contributed by atoms with Crippen LogP contribution in [0.5, 0.6) is 0 Å². The van der Waals surface area contributed by atoms with E-state index in [-0.39, 0.29) is 5.78 Å². The minimum atomic E-state index is -0.247. The summed E-state index contributed by atoms with van der Waals surface area (Å²) in [6, 6.07) is 0. The maximum atomic E-state index is 10.7. The second-order valence-corrected chi connectivity index (χ2v) is 5.58. The highest BCUT2D eigenvalue weighted by Crippen LogP contribution is 2.12. The van der Waals surface area contributed by atoms with Crippen molar-refractivity contribution in [3.05, 3.63) is 0 Å². The molecule has 0 aromatic carbocycles. The summed E-state index contributed by atoms with van der Waals surface area (Å²) < 4.78 is 0. The maximum Gasteiger partial charge on any atom is 0.195 e. The predicted molar refractivity (Wildman–Crippen MR) is 81.4 cm³/mol. The zero-order valence-electron chi connectivity index (χ0n) is 12.8. The first kappa shape index (κ1) is 18.3. The van der Waals surface area contributed by atoms with Crippen LogP contribution in [0.15, 0.2) is 0 Å². The lowest BCUT2D eigenvalue weighted by molar-refractivity contribution is -0.129. The van der Waals surface area contributed by atoms with Crippen LogP contribution in [-0.4, -0.2) is 12.1 Å². The van der Waals surface area contributed by atoms with Gasteiger partial charge in [-0.15, -0.1) is 0 Å². The number of aldehydes is 1. The highest BCUT2D eigenvalue weighted by molar-refractivity contribution is 6.24. The molecule has 0 aliphatic rings. The molecule has 2 heteroatoms. The summed E-state index contributed by atoms with van der Waals surface area (Å²) in [6.07, 6.45) is 17.8. The average molecular weight is 268 g/mol. The van der Waals surface area contributed by atoms with E-state index in [1.807, 2.05) is 0 Å². The third kappa shape index (κ3) is 15.3. The lowest BCUT2D eigenvalue weighted by Crippen LogP contribution is -1.97. The molecule has 0 amide bonds. The molecule has 0 saturated heterocycles. The van der Waals surface area contributed by atoms with Gasteiger partial charge in [-0.3, -0.25) is 9.59 Å². The van der Waals surface area contributed by atoms with Crippen LogP contribution >= 0.6 is 0 Å². The SMILES string of the molecule is CCCCCCCCCCCCCCCC(=O)C=O. The van der Waals surface area contributed by atoms with Gasteiger partial charge in [-0.2, -0.15) is 0 Å². The van der Waals surface area contributed by atoms with Crippen molar-refractivity contribution in [3.8, 4) is 0 Å². The fourth-order valence-corrected chi connectivity index (χ4v) is 2.38. The van der Waals surface area contributed by atoms with Crippen molar-refractivity contribution in [2.45, 2.75) is 96.8 Å². The van der Waals surface area contributed by atoms with Gasteiger partial charge in [-0.05, 0) is 6.42 Å². The summed E-state index contributed by atoms with van der Waals surface area (Å²) >= 11 is 0. The van der Waals surface area contributed by atoms with Crippen molar-refractivity contribution in [3.63, 3.8) is 0 Å². The fraction of sp³-hybridized carbons (Fsp3) is 0.882. The van der Waals surface area contributed by atoms with E-state index in [0.29, 0.717) is 12.7 Å². The Bertz CT molecular complexity index is 211. The van der Waals surface area contributed by atoms with Gasteiger partial charge < -0.3 is 0 Å². The number of ketones is 1. The number of hydrogen-bond donors (Lipinski definition) is 0. The molecule has 0 saturated carbocycles. The summed E-state index contributed by atoms with van der Waals surface area (Å²) in [4.78, 5) is 20.8. The standard InChI is InChI=1S/C17H32O2/c1-2-3-4-5-6-7-8-9-10-11-12-13-14-15-17(19)16-18/h16H,2-15H2,1H3. The van der Waals surface area contributed by atoms with Crippen molar-refractivity contribution >= 4 is 12.1 Å². The van der Waals surface area contributed by atoms with Crippen LogP contribution < -0.4 is 0 Å². The first-order chi connectivity index (χ1) is 9.31. The molecule has 0 atom stereocenters. The number of rotatable bonds is 15. The maximum absolute atomic E-state index is 10.7. The lowest BCUT2D eigenvalue weighted by Gasteiger charge is -2.02. The van der Waals surface area contributed by atoms with Crippen LogP contribution in [-0.2, 0) is 9.59 Å². The first-order valence-corrected chi connectivity index (χ1v) is 8.29. The highest BCUT2D eigenvalue weighted by Gasteiger charge is 1.98. The summed E-state index contributed by atoms with van der Waals surface area (Å²) in [5, 5.41) is 0. The van der Waals surface area contributed by atoms with Gasteiger partial charge in [0.1, 0.15) is 0 Å². The molecule has 0 unspecified atom stereocenters. The number of carbonyl (C=O) groups is 2. The van der Waals surface area contributed by atoms with Gasteiger partial charge in [0.05, 0.1) is 0 Å². The molecule has 0 spiro atoms. The van der Waals surface area contributed by atoms with Gasteiger partial charge in [0.25, 0.3) is 0 Å². The van der Waals surface area contributed by atoms with E-state index in [1.165, 1.54) is 70.6 Å². The second-order valence-electron chi connectivity index (χ2n) is 5.58. The highest BCUT2D eigenvalue weighted by atomic mass is 16.2.